The monoisotopic (exact) mass is 367 g/mol. The molecule has 0 radical (unpaired) electrons. The fourth-order valence-electron chi connectivity index (χ4n) is 4.45. The van der Waals surface area contributed by atoms with Crippen molar-refractivity contribution in [3.63, 3.8) is 0 Å². The van der Waals surface area contributed by atoms with E-state index in [2.05, 4.69) is 35.2 Å². The van der Waals surface area contributed by atoms with Crippen molar-refractivity contribution in [3.8, 4) is 5.75 Å². The van der Waals surface area contributed by atoms with E-state index in [1.54, 1.807) is 0 Å². The van der Waals surface area contributed by atoms with Crippen LogP contribution in [-0.4, -0.2) is 41.4 Å². The molecule has 2 saturated heterocycles. The lowest BCUT2D eigenvalue weighted by Gasteiger charge is -2.52. The lowest BCUT2D eigenvalue weighted by atomic mass is 9.76. The van der Waals surface area contributed by atoms with Crippen LogP contribution in [0.1, 0.15) is 37.8 Å². The zero-order chi connectivity index (χ0) is 18.9. The summed E-state index contributed by atoms with van der Waals surface area (Å²) in [4.78, 5) is 2.52. The van der Waals surface area contributed by atoms with Crippen LogP contribution in [0.25, 0.3) is 0 Å². The van der Waals surface area contributed by atoms with Crippen LogP contribution in [0.3, 0.4) is 0 Å². The molecule has 2 aromatic carbocycles. The second-order valence-corrected chi connectivity index (χ2v) is 8.13. The highest BCUT2D eigenvalue weighted by Crippen LogP contribution is 2.42. The van der Waals surface area contributed by atoms with Gasteiger partial charge >= 0.3 is 0 Å². The average Bonchev–Trinajstić information content (AvgIpc) is 2.64. The van der Waals surface area contributed by atoms with Crippen LogP contribution in [0.15, 0.2) is 54.6 Å². The summed E-state index contributed by atoms with van der Waals surface area (Å²) in [5, 5.41) is 11.5. The van der Waals surface area contributed by atoms with Crippen LogP contribution in [0.4, 0.5) is 0 Å². The van der Waals surface area contributed by atoms with Gasteiger partial charge in [-0.25, -0.2) is 0 Å². The molecular weight excluding hydrogens is 338 g/mol. The number of rotatable bonds is 5. The first kappa shape index (κ1) is 18.5. The van der Waals surface area contributed by atoms with Gasteiger partial charge in [0.05, 0.1) is 24.9 Å². The number of piperidine rings is 1. The molecule has 2 aliphatic rings. The molecule has 2 aromatic rings. The number of morpholine rings is 1. The molecule has 4 heteroatoms. The molecule has 0 saturated carbocycles. The summed E-state index contributed by atoms with van der Waals surface area (Å²) in [5.74, 6) is 0.849. The van der Waals surface area contributed by atoms with Gasteiger partial charge in [-0.3, -0.25) is 4.90 Å². The topological polar surface area (TPSA) is 41.9 Å². The maximum Gasteiger partial charge on any atom is 0.119 e. The SMILES string of the molecule is CC(C)Oc1ccc(C2(O)CC3COCC(C2)N3Cc2ccccc2)cc1. The van der Waals surface area contributed by atoms with Gasteiger partial charge in [0.1, 0.15) is 5.75 Å². The number of aliphatic hydroxyl groups is 1. The van der Waals surface area contributed by atoms with Crippen LogP contribution in [0.2, 0.25) is 0 Å². The number of hydrogen-bond donors (Lipinski definition) is 1. The minimum absolute atomic E-state index is 0.150. The largest absolute Gasteiger partial charge is 0.491 e. The van der Waals surface area contributed by atoms with Crippen LogP contribution in [0.5, 0.6) is 5.75 Å². The van der Waals surface area contributed by atoms with E-state index in [0.717, 1.165) is 17.9 Å². The van der Waals surface area contributed by atoms with Gasteiger partial charge in [-0.1, -0.05) is 42.5 Å². The van der Waals surface area contributed by atoms with Crippen molar-refractivity contribution in [2.75, 3.05) is 13.2 Å². The molecule has 0 spiro atoms. The van der Waals surface area contributed by atoms with Crippen LogP contribution >= 0.6 is 0 Å². The Hall–Kier alpha value is -1.88. The van der Waals surface area contributed by atoms with Crippen molar-refractivity contribution in [3.05, 3.63) is 65.7 Å². The first-order valence-corrected chi connectivity index (χ1v) is 9.90. The zero-order valence-electron chi connectivity index (χ0n) is 16.2. The number of ether oxygens (including phenoxy) is 2. The number of hydrogen-bond acceptors (Lipinski definition) is 4. The number of benzene rings is 2. The van der Waals surface area contributed by atoms with E-state index in [9.17, 15) is 5.11 Å². The fraction of sp³-hybridized carbons (Fsp3) is 0.478. The van der Waals surface area contributed by atoms with Gasteiger partial charge < -0.3 is 14.6 Å². The molecule has 2 aliphatic heterocycles. The molecule has 2 bridgehead atoms. The maximum absolute atomic E-state index is 11.5. The van der Waals surface area contributed by atoms with E-state index in [-0.39, 0.29) is 18.2 Å². The Balaban J connectivity index is 1.51. The molecule has 2 fully saturated rings. The van der Waals surface area contributed by atoms with Gasteiger partial charge in [-0.05, 0) is 49.9 Å². The maximum atomic E-state index is 11.5. The Morgan fingerprint density at radius 3 is 2.26 bits per heavy atom. The Kier molecular flexibility index (Phi) is 5.22. The quantitative estimate of drug-likeness (QED) is 0.874. The van der Waals surface area contributed by atoms with Gasteiger partial charge in [0.25, 0.3) is 0 Å². The summed E-state index contributed by atoms with van der Waals surface area (Å²) in [6, 6.07) is 19.0. The summed E-state index contributed by atoms with van der Waals surface area (Å²) in [6.45, 7) is 6.31. The lowest BCUT2D eigenvalue weighted by molar-refractivity contribution is -0.149. The molecule has 2 heterocycles. The second kappa shape index (κ2) is 7.63. The first-order valence-electron chi connectivity index (χ1n) is 9.90. The molecule has 4 rings (SSSR count). The van der Waals surface area contributed by atoms with E-state index in [0.29, 0.717) is 26.1 Å². The van der Waals surface area contributed by atoms with E-state index in [1.807, 2.05) is 38.1 Å². The van der Waals surface area contributed by atoms with Crippen molar-refractivity contribution in [1.29, 1.82) is 0 Å². The highest BCUT2D eigenvalue weighted by molar-refractivity contribution is 5.32. The summed E-state index contributed by atoms with van der Waals surface area (Å²) < 4.78 is 11.6. The third-order valence-electron chi connectivity index (χ3n) is 5.68. The molecule has 4 nitrogen and oxygen atoms in total. The van der Waals surface area contributed by atoms with Crippen LogP contribution in [0, 0.1) is 0 Å². The van der Waals surface area contributed by atoms with E-state index >= 15 is 0 Å². The standard InChI is InChI=1S/C23H29NO3/c1-17(2)27-22-10-8-19(9-11-22)23(25)12-20-15-26-16-21(13-23)24(20)14-18-6-4-3-5-7-18/h3-11,17,20-21,25H,12-16H2,1-2H3. The molecule has 0 aromatic heterocycles. The van der Waals surface area contributed by atoms with Crippen molar-refractivity contribution in [2.45, 2.75) is 57.0 Å². The molecule has 0 amide bonds. The summed E-state index contributed by atoms with van der Waals surface area (Å²) in [7, 11) is 0. The number of nitrogens with zero attached hydrogens (tertiary/aromatic N) is 1. The van der Waals surface area contributed by atoms with Crippen molar-refractivity contribution >= 4 is 0 Å². The summed E-state index contributed by atoms with van der Waals surface area (Å²) in [6.07, 6.45) is 1.54. The predicted molar refractivity (Wildman–Crippen MR) is 106 cm³/mol. The van der Waals surface area contributed by atoms with Crippen LogP contribution in [-0.2, 0) is 16.9 Å². The van der Waals surface area contributed by atoms with Gasteiger partial charge in [0, 0.05) is 18.6 Å². The van der Waals surface area contributed by atoms with E-state index in [4.69, 9.17) is 9.47 Å². The predicted octanol–water partition coefficient (Wildman–Crippen LogP) is 3.72. The van der Waals surface area contributed by atoms with Gasteiger partial charge in [-0.2, -0.15) is 0 Å². The Labute approximate surface area is 161 Å². The van der Waals surface area contributed by atoms with Gasteiger partial charge in [0.15, 0.2) is 0 Å². The van der Waals surface area contributed by atoms with Gasteiger partial charge in [-0.15, -0.1) is 0 Å². The molecule has 27 heavy (non-hydrogen) atoms. The Bertz CT molecular complexity index is 730. The van der Waals surface area contributed by atoms with Crippen molar-refractivity contribution < 1.29 is 14.6 Å². The fourth-order valence-corrected chi connectivity index (χ4v) is 4.45. The average molecular weight is 367 g/mol. The smallest absolute Gasteiger partial charge is 0.119 e. The van der Waals surface area contributed by atoms with Crippen LogP contribution < -0.4 is 4.74 Å². The molecule has 2 atom stereocenters. The second-order valence-electron chi connectivity index (χ2n) is 8.13. The normalized spacial score (nSPS) is 28.3. The Morgan fingerprint density at radius 1 is 1.04 bits per heavy atom. The highest BCUT2D eigenvalue weighted by atomic mass is 16.5. The molecule has 2 unspecified atom stereocenters. The van der Waals surface area contributed by atoms with Crippen molar-refractivity contribution in [1.82, 2.24) is 4.90 Å². The Morgan fingerprint density at radius 2 is 1.67 bits per heavy atom. The molecule has 1 N–H and O–H groups in total. The molecule has 144 valence electrons. The minimum Gasteiger partial charge on any atom is -0.491 e. The third-order valence-corrected chi connectivity index (χ3v) is 5.68. The third kappa shape index (κ3) is 4.03. The highest BCUT2D eigenvalue weighted by Gasteiger charge is 2.46. The summed E-state index contributed by atoms with van der Waals surface area (Å²) >= 11 is 0. The minimum atomic E-state index is -0.803. The molecule has 0 aliphatic carbocycles. The first-order chi connectivity index (χ1) is 13.0. The van der Waals surface area contributed by atoms with Crippen molar-refractivity contribution in [2.24, 2.45) is 0 Å². The van der Waals surface area contributed by atoms with E-state index in [1.165, 1.54) is 5.56 Å². The lowest BCUT2D eigenvalue weighted by Crippen LogP contribution is -2.60. The molecular formula is C23H29NO3. The van der Waals surface area contributed by atoms with E-state index < -0.39 is 5.60 Å². The summed E-state index contributed by atoms with van der Waals surface area (Å²) in [5.41, 5.74) is 1.49. The van der Waals surface area contributed by atoms with Gasteiger partial charge in [0.2, 0.25) is 0 Å². The zero-order valence-corrected chi connectivity index (χ0v) is 16.2. The number of fused-ring (bicyclic) bond motifs is 2.